The molecule has 3 N–H and O–H groups in total. The fourth-order valence-electron chi connectivity index (χ4n) is 3.87. The van der Waals surface area contributed by atoms with Gasteiger partial charge >= 0.3 is 5.97 Å². The van der Waals surface area contributed by atoms with Crippen LogP contribution in [-0.4, -0.2) is 28.7 Å². The van der Waals surface area contributed by atoms with Crippen molar-refractivity contribution in [2.45, 2.75) is 32.5 Å². The molecule has 0 saturated carbocycles. The number of nitrogens with one attached hydrogen (secondary N) is 2. The predicted molar refractivity (Wildman–Crippen MR) is 141 cm³/mol. The fourth-order valence-corrected chi connectivity index (χ4v) is 4.60. The van der Waals surface area contributed by atoms with Crippen LogP contribution in [0.3, 0.4) is 0 Å². The van der Waals surface area contributed by atoms with Gasteiger partial charge < -0.3 is 24.9 Å². The number of aliphatic carboxylic acids is 1. The molecule has 0 spiro atoms. The van der Waals surface area contributed by atoms with Gasteiger partial charge in [0, 0.05) is 35.1 Å². The van der Waals surface area contributed by atoms with Crippen molar-refractivity contribution in [3.8, 4) is 11.5 Å². The molecule has 0 aliphatic rings. The summed E-state index contributed by atoms with van der Waals surface area (Å²) in [4.78, 5) is 15.2. The number of hydrogen-bond donors (Lipinski definition) is 3. The molecule has 182 valence electrons. The summed E-state index contributed by atoms with van der Waals surface area (Å²) < 4.78 is 12.6. The molecular weight excluding hydrogens is 532 g/mol. The molecule has 4 rings (SSSR count). The summed E-state index contributed by atoms with van der Waals surface area (Å²) >= 11 is 9.55. The van der Waals surface area contributed by atoms with E-state index in [4.69, 9.17) is 21.1 Å². The van der Waals surface area contributed by atoms with E-state index < -0.39 is 12.0 Å². The zero-order valence-corrected chi connectivity index (χ0v) is 21.5. The van der Waals surface area contributed by atoms with E-state index in [0.29, 0.717) is 42.7 Å². The average Bonchev–Trinajstić information content (AvgIpc) is 3.25. The second-order valence-electron chi connectivity index (χ2n) is 8.09. The third-order valence-electron chi connectivity index (χ3n) is 5.62. The number of carboxylic acid groups (broad SMARTS) is 1. The van der Waals surface area contributed by atoms with E-state index in [2.05, 4.69) is 26.2 Å². The maximum Gasteiger partial charge on any atom is 0.321 e. The number of hydrogen-bond acceptors (Lipinski definition) is 4. The minimum absolute atomic E-state index is 0.357. The smallest absolute Gasteiger partial charge is 0.321 e. The van der Waals surface area contributed by atoms with Crippen molar-refractivity contribution >= 4 is 44.4 Å². The lowest BCUT2D eigenvalue weighted by Gasteiger charge is -2.18. The van der Waals surface area contributed by atoms with Gasteiger partial charge in [0.2, 0.25) is 0 Å². The van der Waals surface area contributed by atoms with E-state index in [-0.39, 0.29) is 0 Å². The molecule has 1 aromatic heterocycles. The highest BCUT2D eigenvalue weighted by molar-refractivity contribution is 9.10. The Labute approximate surface area is 217 Å². The number of fused-ring (bicyclic) bond motifs is 1. The summed E-state index contributed by atoms with van der Waals surface area (Å²) in [5.41, 5.74) is 3.81. The molecule has 3 aromatic carbocycles. The van der Waals surface area contributed by atoms with Crippen LogP contribution in [0.2, 0.25) is 5.02 Å². The van der Waals surface area contributed by atoms with Crippen LogP contribution in [0, 0.1) is 0 Å². The summed E-state index contributed by atoms with van der Waals surface area (Å²) in [6.45, 7) is 3.09. The van der Waals surface area contributed by atoms with Crippen molar-refractivity contribution in [3.05, 3.63) is 93.0 Å². The minimum atomic E-state index is -0.901. The van der Waals surface area contributed by atoms with E-state index in [1.807, 2.05) is 73.8 Å². The normalized spacial score (nSPS) is 12.0. The number of carboxylic acids is 1. The van der Waals surface area contributed by atoms with Gasteiger partial charge in [0.15, 0.2) is 11.5 Å². The monoisotopic (exact) mass is 556 g/mol. The van der Waals surface area contributed by atoms with Gasteiger partial charge in [-0.2, -0.15) is 0 Å². The van der Waals surface area contributed by atoms with Gasteiger partial charge in [-0.25, -0.2) is 0 Å². The molecule has 0 aliphatic heterocycles. The van der Waals surface area contributed by atoms with E-state index >= 15 is 0 Å². The first-order valence-electron chi connectivity index (χ1n) is 11.3. The zero-order valence-electron chi connectivity index (χ0n) is 19.2. The van der Waals surface area contributed by atoms with Gasteiger partial charge in [-0.05, 0) is 69.9 Å². The first-order chi connectivity index (χ1) is 16.9. The Bertz CT molecular complexity index is 1310. The van der Waals surface area contributed by atoms with Gasteiger partial charge in [-0.15, -0.1) is 0 Å². The van der Waals surface area contributed by atoms with Crippen LogP contribution >= 0.6 is 27.5 Å². The quantitative estimate of drug-likeness (QED) is 0.200. The van der Waals surface area contributed by atoms with E-state index in [9.17, 15) is 9.90 Å². The molecule has 0 radical (unpaired) electrons. The van der Waals surface area contributed by atoms with Crippen LogP contribution in [0.5, 0.6) is 11.5 Å². The highest BCUT2D eigenvalue weighted by atomic mass is 79.9. The van der Waals surface area contributed by atoms with Crippen molar-refractivity contribution in [1.29, 1.82) is 0 Å². The standard InChI is InChI=1S/C27H26BrClN2O4/c1-2-34-25-12-18(11-22(28)26(25)35-16-17-7-9-20(29)10-8-17)14-30-24(27(32)33)13-19-15-31-23-6-4-3-5-21(19)23/h3-12,15,24,30-31H,2,13-14,16H2,1H3,(H,32,33)/t24-/m1/s1. The van der Waals surface area contributed by atoms with Crippen molar-refractivity contribution in [3.63, 3.8) is 0 Å². The molecule has 0 unspecified atom stereocenters. The van der Waals surface area contributed by atoms with Crippen LogP contribution in [-0.2, 0) is 24.4 Å². The van der Waals surface area contributed by atoms with Crippen LogP contribution < -0.4 is 14.8 Å². The Balaban J connectivity index is 1.47. The molecule has 1 heterocycles. The summed E-state index contributed by atoms with van der Waals surface area (Å²) in [6.07, 6.45) is 2.24. The number of H-pyrrole nitrogens is 1. The number of aromatic nitrogens is 1. The maximum absolute atomic E-state index is 12.0. The molecule has 6 nitrogen and oxygen atoms in total. The second-order valence-corrected chi connectivity index (χ2v) is 9.38. The largest absolute Gasteiger partial charge is 0.490 e. The van der Waals surface area contributed by atoms with Gasteiger partial charge in [0.05, 0.1) is 11.1 Å². The number of halogens is 2. The van der Waals surface area contributed by atoms with E-state index in [0.717, 1.165) is 32.1 Å². The third-order valence-corrected chi connectivity index (χ3v) is 6.46. The molecule has 0 aliphatic carbocycles. The minimum Gasteiger partial charge on any atom is -0.490 e. The molecule has 0 fully saturated rings. The first kappa shape index (κ1) is 25.1. The van der Waals surface area contributed by atoms with Crippen molar-refractivity contribution in [2.75, 3.05) is 6.61 Å². The predicted octanol–water partition coefficient (Wildman–Crippen LogP) is 6.35. The maximum atomic E-state index is 12.0. The van der Waals surface area contributed by atoms with Crippen molar-refractivity contribution in [2.24, 2.45) is 0 Å². The van der Waals surface area contributed by atoms with Crippen LogP contribution in [0.1, 0.15) is 23.6 Å². The summed E-state index contributed by atoms with van der Waals surface area (Å²) in [6, 6.07) is 18.4. The molecule has 35 heavy (non-hydrogen) atoms. The van der Waals surface area contributed by atoms with Gasteiger partial charge in [-0.3, -0.25) is 4.79 Å². The van der Waals surface area contributed by atoms with E-state index in [1.165, 1.54) is 0 Å². The number of rotatable bonds is 11. The molecule has 0 saturated heterocycles. The molecule has 0 amide bonds. The number of para-hydroxylation sites is 1. The Hall–Kier alpha value is -3.00. The number of benzene rings is 3. The molecule has 8 heteroatoms. The molecule has 4 aromatic rings. The third kappa shape index (κ3) is 6.36. The summed E-state index contributed by atoms with van der Waals surface area (Å²) in [5.74, 6) is 0.289. The van der Waals surface area contributed by atoms with Crippen LogP contribution in [0.15, 0.2) is 71.3 Å². The Morgan fingerprint density at radius 1 is 1.11 bits per heavy atom. The number of aromatic amines is 1. The second kappa shape index (κ2) is 11.6. The lowest BCUT2D eigenvalue weighted by molar-refractivity contribution is -0.139. The fraction of sp³-hybridized carbons (Fsp3) is 0.222. The highest BCUT2D eigenvalue weighted by Gasteiger charge is 2.20. The highest BCUT2D eigenvalue weighted by Crippen LogP contribution is 2.37. The number of carbonyl (C=O) groups is 1. The van der Waals surface area contributed by atoms with E-state index in [1.54, 1.807) is 0 Å². The topological polar surface area (TPSA) is 83.6 Å². The van der Waals surface area contributed by atoms with Gasteiger partial charge in [0.1, 0.15) is 12.6 Å². The van der Waals surface area contributed by atoms with Crippen LogP contribution in [0.25, 0.3) is 10.9 Å². The van der Waals surface area contributed by atoms with Gasteiger partial charge in [0.25, 0.3) is 0 Å². The zero-order chi connectivity index (χ0) is 24.8. The summed E-state index contributed by atoms with van der Waals surface area (Å²) in [5, 5.41) is 14.7. The Morgan fingerprint density at radius 3 is 2.63 bits per heavy atom. The molecule has 0 bridgehead atoms. The Kier molecular flexibility index (Phi) is 8.33. The van der Waals surface area contributed by atoms with Gasteiger partial charge in [-0.1, -0.05) is 41.9 Å². The lowest BCUT2D eigenvalue weighted by Crippen LogP contribution is -2.38. The average molecular weight is 558 g/mol. The molecule has 1 atom stereocenters. The SMILES string of the molecule is CCOc1cc(CN[C@H](Cc2c[nH]c3ccccc23)C(=O)O)cc(Br)c1OCc1ccc(Cl)cc1. The summed E-state index contributed by atoms with van der Waals surface area (Å²) in [7, 11) is 0. The molecular formula is C27H26BrClN2O4. The first-order valence-corrected chi connectivity index (χ1v) is 12.4. The Morgan fingerprint density at radius 2 is 1.89 bits per heavy atom. The lowest BCUT2D eigenvalue weighted by atomic mass is 10.0. The van der Waals surface area contributed by atoms with Crippen molar-refractivity contribution < 1.29 is 19.4 Å². The van der Waals surface area contributed by atoms with Crippen molar-refractivity contribution in [1.82, 2.24) is 10.3 Å². The van der Waals surface area contributed by atoms with Crippen LogP contribution in [0.4, 0.5) is 0 Å². The number of ether oxygens (including phenoxy) is 2.